The van der Waals surface area contributed by atoms with Gasteiger partial charge in [0, 0.05) is 24.2 Å². The van der Waals surface area contributed by atoms with Gasteiger partial charge >= 0.3 is 0 Å². The number of carbonyl (C=O) groups is 2. The zero-order valence-electron chi connectivity index (χ0n) is 15.0. The molecule has 2 amide bonds. The first-order valence-corrected chi connectivity index (χ1v) is 8.96. The summed E-state index contributed by atoms with van der Waals surface area (Å²) in [4.78, 5) is 26.7. The van der Waals surface area contributed by atoms with Gasteiger partial charge in [-0.2, -0.15) is 0 Å². The van der Waals surface area contributed by atoms with E-state index < -0.39 is 0 Å². The number of amides is 2. The summed E-state index contributed by atoms with van der Waals surface area (Å²) in [6, 6.07) is 12.6. The van der Waals surface area contributed by atoms with E-state index in [1.807, 2.05) is 43.3 Å². The maximum Gasteiger partial charge on any atom is 0.246 e. The molecule has 2 aliphatic rings. The lowest BCUT2D eigenvalue weighted by atomic mass is 10.1. The third kappa shape index (κ3) is 3.53. The van der Waals surface area contributed by atoms with E-state index in [0.29, 0.717) is 36.1 Å². The SMILES string of the molecule is CC1CC(=O)Nc2ccccc2N1C(=O)CNc1ccc2c(c1)OCCO2. The van der Waals surface area contributed by atoms with E-state index in [1.165, 1.54) is 0 Å². The number of fused-ring (bicyclic) bond motifs is 2. The Morgan fingerprint density at radius 1 is 1.19 bits per heavy atom. The molecule has 0 fully saturated rings. The van der Waals surface area contributed by atoms with E-state index in [-0.39, 0.29) is 30.8 Å². The third-order valence-electron chi connectivity index (χ3n) is 4.61. The van der Waals surface area contributed by atoms with Crippen molar-refractivity contribution >= 4 is 28.9 Å². The standard InChI is InChI=1S/C20H21N3O4/c1-13-10-19(24)22-15-4-2-3-5-16(15)23(13)20(25)12-21-14-6-7-17-18(11-14)27-9-8-26-17/h2-7,11,13,21H,8-10,12H2,1H3,(H,22,24). The van der Waals surface area contributed by atoms with Gasteiger partial charge in [-0.25, -0.2) is 0 Å². The molecule has 7 nitrogen and oxygen atoms in total. The van der Waals surface area contributed by atoms with E-state index in [4.69, 9.17) is 9.47 Å². The van der Waals surface area contributed by atoms with Crippen LogP contribution in [0.3, 0.4) is 0 Å². The van der Waals surface area contributed by atoms with Gasteiger partial charge in [-0.05, 0) is 31.2 Å². The molecular formula is C20H21N3O4. The Kier molecular flexibility index (Phi) is 4.58. The molecule has 2 aromatic carbocycles. The Labute approximate surface area is 157 Å². The summed E-state index contributed by atoms with van der Waals surface area (Å²) in [5.74, 6) is 1.17. The van der Waals surface area contributed by atoms with Crippen LogP contribution in [-0.4, -0.2) is 37.6 Å². The zero-order valence-corrected chi connectivity index (χ0v) is 15.0. The number of benzene rings is 2. The number of para-hydroxylation sites is 2. The van der Waals surface area contributed by atoms with Gasteiger partial charge < -0.3 is 25.0 Å². The van der Waals surface area contributed by atoms with E-state index in [2.05, 4.69) is 10.6 Å². The molecule has 1 atom stereocenters. The second-order valence-electron chi connectivity index (χ2n) is 6.59. The second-order valence-corrected chi connectivity index (χ2v) is 6.59. The summed E-state index contributed by atoms with van der Waals surface area (Å²) in [6.07, 6.45) is 0.254. The van der Waals surface area contributed by atoms with E-state index >= 15 is 0 Å². The highest BCUT2D eigenvalue weighted by molar-refractivity contribution is 6.05. The highest BCUT2D eigenvalue weighted by Gasteiger charge is 2.29. The number of ether oxygens (including phenoxy) is 2. The van der Waals surface area contributed by atoms with Crippen LogP contribution >= 0.6 is 0 Å². The van der Waals surface area contributed by atoms with Crippen LogP contribution in [0.1, 0.15) is 13.3 Å². The summed E-state index contributed by atoms with van der Waals surface area (Å²) in [5, 5.41) is 6.00. The fraction of sp³-hybridized carbons (Fsp3) is 0.300. The molecule has 2 aromatic rings. The van der Waals surface area contributed by atoms with Crippen LogP contribution in [0, 0.1) is 0 Å². The maximum absolute atomic E-state index is 13.0. The van der Waals surface area contributed by atoms with Crippen LogP contribution in [0.2, 0.25) is 0 Å². The number of rotatable bonds is 3. The fourth-order valence-corrected chi connectivity index (χ4v) is 3.38. The fourth-order valence-electron chi connectivity index (χ4n) is 3.38. The minimum atomic E-state index is -0.233. The molecular weight excluding hydrogens is 346 g/mol. The molecule has 0 bridgehead atoms. The molecule has 0 radical (unpaired) electrons. The summed E-state index contributed by atoms with van der Waals surface area (Å²) in [6.45, 7) is 3.03. The Balaban J connectivity index is 1.51. The summed E-state index contributed by atoms with van der Waals surface area (Å²) < 4.78 is 11.1. The minimum absolute atomic E-state index is 0.0926. The predicted molar refractivity (Wildman–Crippen MR) is 103 cm³/mol. The van der Waals surface area contributed by atoms with Gasteiger partial charge in [-0.1, -0.05) is 12.1 Å². The van der Waals surface area contributed by atoms with Crippen LogP contribution < -0.4 is 25.0 Å². The van der Waals surface area contributed by atoms with E-state index in [1.54, 1.807) is 11.0 Å². The predicted octanol–water partition coefficient (Wildman–Crippen LogP) is 2.63. The molecule has 4 rings (SSSR count). The van der Waals surface area contributed by atoms with Crippen molar-refractivity contribution in [1.29, 1.82) is 0 Å². The van der Waals surface area contributed by atoms with Crippen LogP contribution in [0.4, 0.5) is 17.1 Å². The number of nitrogens with zero attached hydrogens (tertiary/aromatic N) is 1. The van der Waals surface area contributed by atoms with Gasteiger partial charge in [0.25, 0.3) is 0 Å². The van der Waals surface area contributed by atoms with E-state index in [9.17, 15) is 9.59 Å². The summed E-state index contributed by atoms with van der Waals surface area (Å²) in [7, 11) is 0. The molecule has 0 saturated carbocycles. The lowest BCUT2D eigenvalue weighted by Crippen LogP contribution is -2.42. The normalized spacial score (nSPS) is 18.2. The first-order valence-electron chi connectivity index (χ1n) is 8.96. The monoisotopic (exact) mass is 367 g/mol. The average molecular weight is 367 g/mol. The van der Waals surface area contributed by atoms with Crippen molar-refractivity contribution < 1.29 is 19.1 Å². The Morgan fingerprint density at radius 3 is 2.81 bits per heavy atom. The minimum Gasteiger partial charge on any atom is -0.486 e. The lowest BCUT2D eigenvalue weighted by Gasteiger charge is -2.28. The van der Waals surface area contributed by atoms with Crippen molar-refractivity contribution in [2.75, 3.05) is 35.3 Å². The number of hydrogen-bond acceptors (Lipinski definition) is 5. The topological polar surface area (TPSA) is 79.9 Å². The Hall–Kier alpha value is -3.22. The molecule has 27 heavy (non-hydrogen) atoms. The first-order chi connectivity index (χ1) is 13.1. The smallest absolute Gasteiger partial charge is 0.246 e. The van der Waals surface area contributed by atoms with Crippen LogP contribution in [-0.2, 0) is 9.59 Å². The quantitative estimate of drug-likeness (QED) is 0.872. The highest BCUT2D eigenvalue weighted by Crippen LogP contribution is 2.33. The summed E-state index contributed by atoms with van der Waals surface area (Å²) in [5.41, 5.74) is 2.14. The van der Waals surface area contributed by atoms with Gasteiger partial charge in [0.15, 0.2) is 11.5 Å². The molecule has 2 heterocycles. The zero-order chi connectivity index (χ0) is 18.8. The number of anilines is 3. The molecule has 0 aliphatic carbocycles. The number of carbonyl (C=O) groups excluding carboxylic acids is 2. The van der Waals surface area contributed by atoms with Crippen molar-refractivity contribution in [1.82, 2.24) is 0 Å². The highest BCUT2D eigenvalue weighted by atomic mass is 16.6. The van der Waals surface area contributed by atoms with Crippen LogP contribution in [0.5, 0.6) is 11.5 Å². The van der Waals surface area contributed by atoms with Crippen molar-refractivity contribution in [2.45, 2.75) is 19.4 Å². The van der Waals surface area contributed by atoms with Crippen molar-refractivity contribution in [2.24, 2.45) is 0 Å². The largest absolute Gasteiger partial charge is 0.486 e. The molecule has 0 aromatic heterocycles. The average Bonchev–Trinajstić information content (AvgIpc) is 2.80. The van der Waals surface area contributed by atoms with Gasteiger partial charge in [-0.3, -0.25) is 9.59 Å². The van der Waals surface area contributed by atoms with Crippen LogP contribution in [0.15, 0.2) is 42.5 Å². The first kappa shape index (κ1) is 17.2. The molecule has 0 spiro atoms. The maximum atomic E-state index is 13.0. The molecule has 2 N–H and O–H groups in total. The lowest BCUT2D eigenvalue weighted by molar-refractivity contribution is -0.118. The Morgan fingerprint density at radius 2 is 1.96 bits per heavy atom. The molecule has 2 aliphatic heterocycles. The van der Waals surface area contributed by atoms with Gasteiger partial charge in [0.2, 0.25) is 11.8 Å². The molecule has 140 valence electrons. The number of nitrogens with one attached hydrogen (secondary N) is 2. The number of hydrogen-bond donors (Lipinski definition) is 2. The van der Waals surface area contributed by atoms with Crippen molar-refractivity contribution in [3.05, 3.63) is 42.5 Å². The van der Waals surface area contributed by atoms with Gasteiger partial charge in [0.05, 0.1) is 17.9 Å². The second kappa shape index (κ2) is 7.19. The molecule has 7 heteroatoms. The Bertz CT molecular complexity index is 883. The van der Waals surface area contributed by atoms with Gasteiger partial charge in [-0.15, -0.1) is 0 Å². The summed E-state index contributed by atoms with van der Waals surface area (Å²) >= 11 is 0. The molecule has 0 saturated heterocycles. The van der Waals surface area contributed by atoms with Crippen molar-refractivity contribution in [3.63, 3.8) is 0 Å². The van der Waals surface area contributed by atoms with Crippen molar-refractivity contribution in [3.8, 4) is 11.5 Å². The molecule has 1 unspecified atom stereocenters. The van der Waals surface area contributed by atoms with Crippen LogP contribution in [0.25, 0.3) is 0 Å². The third-order valence-corrected chi connectivity index (χ3v) is 4.61. The van der Waals surface area contributed by atoms with E-state index in [0.717, 1.165) is 5.69 Å². The van der Waals surface area contributed by atoms with Gasteiger partial charge in [0.1, 0.15) is 13.2 Å².